The van der Waals surface area contributed by atoms with Crippen molar-refractivity contribution in [2.24, 2.45) is 7.05 Å². The standard InChI is InChI=1S/C12H19N5/c1-11(8-17-6-5-13-10-17)14-4-3-12-7-15-16(2)9-12/h5-7,9-11,14H,3-4,8H2,1-2H3. The second kappa shape index (κ2) is 5.63. The average Bonchev–Trinajstić information content (AvgIpc) is 2.90. The van der Waals surface area contributed by atoms with E-state index in [1.54, 1.807) is 0 Å². The van der Waals surface area contributed by atoms with Crippen LogP contribution in [-0.2, 0) is 20.0 Å². The van der Waals surface area contributed by atoms with Gasteiger partial charge in [-0.05, 0) is 25.5 Å². The first-order chi connectivity index (χ1) is 8.24. The van der Waals surface area contributed by atoms with Crippen LogP contribution in [0.1, 0.15) is 12.5 Å². The van der Waals surface area contributed by atoms with Crippen LogP contribution in [0.5, 0.6) is 0 Å². The van der Waals surface area contributed by atoms with Gasteiger partial charge in [0, 0.05) is 38.2 Å². The monoisotopic (exact) mass is 233 g/mol. The van der Waals surface area contributed by atoms with Gasteiger partial charge in [-0.1, -0.05) is 0 Å². The normalized spacial score (nSPS) is 12.8. The van der Waals surface area contributed by atoms with Crippen molar-refractivity contribution in [2.75, 3.05) is 6.54 Å². The second-order valence-corrected chi connectivity index (χ2v) is 4.39. The van der Waals surface area contributed by atoms with Crippen LogP contribution in [0.4, 0.5) is 0 Å². The molecule has 17 heavy (non-hydrogen) atoms. The molecule has 0 bridgehead atoms. The third kappa shape index (κ3) is 3.71. The molecule has 92 valence electrons. The van der Waals surface area contributed by atoms with Crippen molar-refractivity contribution in [3.63, 3.8) is 0 Å². The number of rotatable bonds is 6. The third-order valence-corrected chi connectivity index (χ3v) is 2.71. The number of hydrogen-bond acceptors (Lipinski definition) is 3. The molecule has 0 aliphatic rings. The highest BCUT2D eigenvalue weighted by atomic mass is 15.2. The lowest BCUT2D eigenvalue weighted by Gasteiger charge is -2.13. The molecular weight excluding hydrogens is 214 g/mol. The van der Waals surface area contributed by atoms with Gasteiger partial charge in [0.15, 0.2) is 0 Å². The predicted molar refractivity (Wildman–Crippen MR) is 66.6 cm³/mol. The maximum absolute atomic E-state index is 4.15. The summed E-state index contributed by atoms with van der Waals surface area (Å²) in [6, 6.07) is 0.445. The van der Waals surface area contributed by atoms with E-state index in [0.29, 0.717) is 6.04 Å². The van der Waals surface area contributed by atoms with Crippen LogP contribution in [-0.4, -0.2) is 31.9 Å². The molecule has 0 radical (unpaired) electrons. The molecule has 5 heteroatoms. The summed E-state index contributed by atoms with van der Waals surface area (Å²) in [5, 5.41) is 7.64. The van der Waals surface area contributed by atoms with Crippen molar-refractivity contribution in [1.29, 1.82) is 0 Å². The second-order valence-electron chi connectivity index (χ2n) is 4.39. The first kappa shape index (κ1) is 11.9. The Morgan fingerprint density at radius 2 is 2.35 bits per heavy atom. The predicted octanol–water partition coefficient (Wildman–Crippen LogP) is 0.837. The van der Waals surface area contributed by atoms with Gasteiger partial charge in [-0.2, -0.15) is 5.10 Å². The molecule has 0 aliphatic heterocycles. The smallest absolute Gasteiger partial charge is 0.0946 e. The Labute approximate surface area is 101 Å². The summed E-state index contributed by atoms with van der Waals surface area (Å²) < 4.78 is 3.92. The molecule has 1 unspecified atom stereocenters. The molecule has 0 aliphatic carbocycles. The van der Waals surface area contributed by atoms with Crippen molar-refractivity contribution in [1.82, 2.24) is 24.6 Å². The minimum atomic E-state index is 0.445. The molecule has 0 amide bonds. The Bertz CT molecular complexity index is 431. The molecule has 1 atom stereocenters. The van der Waals surface area contributed by atoms with Crippen LogP contribution in [0.2, 0.25) is 0 Å². The van der Waals surface area contributed by atoms with Crippen LogP contribution < -0.4 is 5.32 Å². The number of hydrogen-bond donors (Lipinski definition) is 1. The number of nitrogens with zero attached hydrogens (tertiary/aromatic N) is 4. The Hall–Kier alpha value is -1.62. The van der Waals surface area contributed by atoms with Gasteiger partial charge in [0.2, 0.25) is 0 Å². The Kier molecular flexibility index (Phi) is 3.93. The van der Waals surface area contributed by atoms with Crippen molar-refractivity contribution >= 4 is 0 Å². The van der Waals surface area contributed by atoms with Crippen molar-refractivity contribution < 1.29 is 0 Å². The van der Waals surface area contributed by atoms with Crippen LogP contribution >= 0.6 is 0 Å². The van der Waals surface area contributed by atoms with E-state index in [4.69, 9.17) is 0 Å². The molecule has 1 N–H and O–H groups in total. The van der Waals surface area contributed by atoms with Gasteiger partial charge in [0.1, 0.15) is 0 Å². The van der Waals surface area contributed by atoms with Gasteiger partial charge in [0.05, 0.1) is 12.5 Å². The van der Waals surface area contributed by atoms with Gasteiger partial charge in [0.25, 0.3) is 0 Å². The van der Waals surface area contributed by atoms with Crippen LogP contribution in [0.3, 0.4) is 0 Å². The average molecular weight is 233 g/mol. The van der Waals surface area contributed by atoms with Gasteiger partial charge >= 0.3 is 0 Å². The van der Waals surface area contributed by atoms with E-state index in [2.05, 4.69) is 33.1 Å². The summed E-state index contributed by atoms with van der Waals surface area (Å²) >= 11 is 0. The molecular formula is C12H19N5. The van der Waals surface area contributed by atoms with Gasteiger partial charge in [-0.15, -0.1) is 0 Å². The van der Waals surface area contributed by atoms with Crippen LogP contribution in [0.15, 0.2) is 31.1 Å². The van der Waals surface area contributed by atoms with Crippen molar-refractivity contribution in [2.45, 2.75) is 25.9 Å². The number of aryl methyl sites for hydroxylation is 1. The summed E-state index contributed by atoms with van der Waals surface area (Å²) in [6.07, 6.45) is 10.6. The molecule has 0 aromatic carbocycles. The van der Waals surface area contributed by atoms with E-state index in [0.717, 1.165) is 19.5 Å². The first-order valence-electron chi connectivity index (χ1n) is 5.90. The van der Waals surface area contributed by atoms with E-state index < -0.39 is 0 Å². The molecule has 2 rings (SSSR count). The Morgan fingerprint density at radius 3 is 3.00 bits per heavy atom. The fourth-order valence-electron chi connectivity index (χ4n) is 1.84. The van der Waals surface area contributed by atoms with E-state index >= 15 is 0 Å². The van der Waals surface area contributed by atoms with Crippen molar-refractivity contribution in [3.8, 4) is 0 Å². The lowest BCUT2D eigenvalue weighted by molar-refractivity contribution is 0.480. The molecule has 0 saturated carbocycles. The van der Waals surface area contributed by atoms with E-state index in [-0.39, 0.29) is 0 Å². The van der Waals surface area contributed by atoms with E-state index in [9.17, 15) is 0 Å². The number of aromatic nitrogens is 4. The highest BCUT2D eigenvalue weighted by Crippen LogP contribution is 1.97. The zero-order valence-corrected chi connectivity index (χ0v) is 10.4. The van der Waals surface area contributed by atoms with Gasteiger partial charge in [-0.25, -0.2) is 4.98 Å². The number of imidazole rings is 1. The lowest BCUT2D eigenvalue weighted by Crippen LogP contribution is -2.31. The summed E-state index contributed by atoms with van der Waals surface area (Å²) in [5.74, 6) is 0. The molecule has 0 fully saturated rings. The number of nitrogens with one attached hydrogen (secondary N) is 1. The van der Waals surface area contributed by atoms with Crippen LogP contribution in [0, 0.1) is 0 Å². The molecule has 2 heterocycles. The molecule has 2 aromatic rings. The van der Waals surface area contributed by atoms with E-state index in [1.165, 1.54) is 5.56 Å². The summed E-state index contributed by atoms with van der Waals surface area (Å²) in [6.45, 7) is 4.11. The lowest BCUT2D eigenvalue weighted by atomic mass is 10.2. The summed E-state index contributed by atoms with van der Waals surface area (Å²) in [4.78, 5) is 4.03. The molecule has 5 nitrogen and oxygen atoms in total. The Balaban J connectivity index is 1.68. The zero-order chi connectivity index (χ0) is 12.1. The third-order valence-electron chi connectivity index (χ3n) is 2.71. The fourth-order valence-corrected chi connectivity index (χ4v) is 1.84. The minimum absolute atomic E-state index is 0.445. The Morgan fingerprint density at radius 1 is 1.47 bits per heavy atom. The summed E-state index contributed by atoms with van der Waals surface area (Å²) in [7, 11) is 1.94. The minimum Gasteiger partial charge on any atom is -0.336 e. The fraction of sp³-hybridized carbons (Fsp3) is 0.500. The topological polar surface area (TPSA) is 47.7 Å². The largest absolute Gasteiger partial charge is 0.336 e. The molecule has 0 spiro atoms. The summed E-state index contributed by atoms with van der Waals surface area (Å²) in [5.41, 5.74) is 1.27. The van der Waals surface area contributed by atoms with Gasteiger partial charge < -0.3 is 9.88 Å². The van der Waals surface area contributed by atoms with E-state index in [1.807, 2.05) is 36.6 Å². The molecule has 2 aromatic heterocycles. The first-order valence-corrected chi connectivity index (χ1v) is 5.90. The highest BCUT2D eigenvalue weighted by Gasteiger charge is 2.02. The maximum Gasteiger partial charge on any atom is 0.0946 e. The molecule has 0 saturated heterocycles. The van der Waals surface area contributed by atoms with Crippen molar-refractivity contribution in [3.05, 3.63) is 36.7 Å². The van der Waals surface area contributed by atoms with Crippen LogP contribution in [0.25, 0.3) is 0 Å². The van der Waals surface area contributed by atoms with Gasteiger partial charge in [-0.3, -0.25) is 4.68 Å². The quantitative estimate of drug-likeness (QED) is 0.804. The zero-order valence-electron chi connectivity index (χ0n) is 10.4. The maximum atomic E-state index is 4.15. The SMILES string of the molecule is CC(Cn1ccnc1)NCCc1cnn(C)c1. The highest BCUT2D eigenvalue weighted by molar-refractivity contribution is 5.03.